The summed E-state index contributed by atoms with van der Waals surface area (Å²) in [5, 5.41) is 11.2. The van der Waals surface area contributed by atoms with Gasteiger partial charge in [0, 0.05) is 10.9 Å². The number of thiazole rings is 1. The topological polar surface area (TPSA) is 88.1 Å². The molecule has 2 heterocycles. The molecule has 8 heteroatoms. The Morgan fingerprint density at radius 3 is 2.55 bits per heavy atom. The van der Waals surface area contributed by atoms with E-state index in [1.165, 1.54) is 22.5 Å². The van der Waals surface area contributed by atoms with Crippen molar-refractivity contribution in [2.24, 2.45) is 0 Å². The zero-order valence-electron chi connectivity index (χ0n) is 16.6. The van der Waals surface area contributed by atoms with Gasteiger partial charge in [-0.05, 0) is 55.3 Å². The molecule has 0 saturated carbocycles. The van der Waals surface area contributed by atoms with Crippen LogP contribution in [0.5, 0.6) is 11.5 Å². The second-order valence-corrected chi connectivity index (χ2v) is 7.47. The van der Waals surface area contributed by atoms with Gasteiger partial charge in [0.25, 0.3) is 0 Å². The first-order chi connectivity index (χ1) is 14.0. The normalized spacial score (nSPS) is 10.9. The lowest BCUT2D eigenvalue weighted by molar-refractivity contribution is 0.404. The van der Waals surface area contributed by atoms with Gasteiger partial charge in [-0.3, -0.25) is 0 Å². The van der Waals surface area contributed by atoms with Gasteiger partial charge in [-0.15, -0.1) is 16.4 Å². The highest BCUT2D eigenvalue weighted by atomic mass is 32.1. The van der Waals surface area contributed by atoms with E-state index in [4.69, 9.17) is 20.2 Å². The molecular weight excluding hydrogens is 386 g/mol. The minimum Gasteiger partial charge on any atom is -0.497 e. The number of hydrogen-bond acceptors (Lipinski definition) is 7. The van der Waals surface area contributed by atoms with Crippen molar-refractivity contribution < 1.29 is 9.47 Å². The van der Waals surface area contributed by atoms with E-state index in [0.717, 1.165) is 28.4 Å². The zero-order chi connectivity index (χ0) is 20.5. The van der Waals surface area contributed by atoms with E-state index < -0.39 is 0 Å². The summed E-state index contributed by atoms with van der Waals surface area (Å²) in [7, 11) is 3.26. The highest BCUT2D eigenvalue weighted by Crippen LogP contribution is 2.37. The predicted octanol–water partition coefficient (Wildman–Crippen LogP) is 4.27. The third-order valence-electron chi connectivity index (χ3n) is 4.83. The van der Waals surface area contributed by atoms with Crippen molar-refractivity contribution in [1.29, 1.82) is 0 Å². The van der Waals surface area contributed by atoms with Crippen molar-refractivity contribution in [1.82, 2.24) is 20.0 Å². The maximum atomic E-state index is 6.37. The molecule has 2 aromatic heterocycles. The largest absolute Gasteiger partial charge is 0.497 e. The average Bonchev–Trinajstić information content (AvgIpc) is 3.36. The van der Waals surface area contributed by atoms with Gasteiger partial charge in [0.05, 0.1) is 25.6 Å². The molecule has 0 aliphatic heterocycles. The molecule has 0 atom stereocenters. The maximum absolute atomic E-state index is 6.37. The molecule has 2 aromatic carbocycles. The highest BCUT2D eigenvalue weighted by Gasteiger charge is 2.18. The molecular formula is C21H21N5O2S. The molecule has 0 radical (unpaired) electrons. The predicted molar refractivity (Wildman–Crippen MR) is 115 cm³/mol. The number of benzene rings is 2. The SMILES string of the molecule is COc1ccc(OC)c(-c2csc(-c3nnn(-c4ccc(C)c(C)c4)c3N)n2)c1. The summed E-state index contributed by atoms with van der Waals surface area (Å²) in [4.78, 5) is 4.72. The summed E-state index contributed by atoms with van der Waals surface area (Å²) in [6, 6.07) is 11.7. The molecule has 2 N–H and O–H groups in total. The lowest BCUT2D eigenvalue weighted by Crippen LogP contribution is -2.03. The van der Waals surface area contributed by atoms with Gasteiger partial charge in [-0.25, -0.2) is 4.98 Å². The molecule has 29 heavy (non-hydrogen) atoms. The molecule has 148 valence electrons. The number of ether oxygens (including phenoxy) is 2. The second-order valence-electron chi connectivity index (χ2n) is 6.61. The van der Waals surface area contributed by atoms with E-state index in [9.17, 15) is 0 Å². The van der Waals surface area contributed by atoms with Gasteiger partial charge >= 0.3 is 0 Å². The lowest BCUT2D eigenvalue weighted by Gasteiger charge is -2.08. The molecule has 4 rings (SSSR count). The van der Waals surface area contributed by atoms with Gasteiger partial charge in [0.15, 0.2) is 11.5 Å². The average molecular weight is 407 g/mol. The van der Waals surface area contributed by atoms with E-state index in [1.807, 2.05) is 41.8 Å². The Kier molecular flexibility index (Phi) is 4.94. The van der Waals surface area contributed by atoms with Crippen LogP contribution in [-0.2, 0) is 0 Å². The number of aryl methyl sites for hydroxylation is 2. The summed E-state index contributed by atoms with van der Waals surface area (Å²) in [6.45, 7) is 4.13. The fraction of sp³-hybridized carbons (Fsp3) is 0.190. The fourth-order valence-electron chi connectivity index (χ4n) is 3.01. The molecule has 0 fully saturated rings. The third-order valence-corrected chi connectivity index (χ3v) is 5.68. The van der Waals surface area contributed by atoms with Gasteiger partial charge < -0.3 is 15.2 Å². The smallest absolute Gasteiger partial charge is 0.165 e. The van der Waals surface area contributed by atoms with Gasteiger partial charge in [0.2, 0.25) is 0 Å². The van der Waals surface area contributed by atoms with Crippen molar-refractivity contribution in [2.75, 3.05) is 20.0 Å². The molecule has 0 saturated heterocycles. The highest BCUT2D eigenvalue weighted by molar-refractivity contribution is 7.13. The summed E-state index contributed by atoms with van der Waals surface area (Å²) in [5.74, 6) is 1.90. The summed E-state index contributed by atoms with van der Waals surface area (Å²) < 4.78 is 12.4. The Bertz CT molecular complexity index is 1180. The molecule has 7 nitrogen and oxygen atoms in total. The number of hydrogen-bond donors (Lipinski definition) is 1. The van der Waals surface area contributed by atoms with Crippen molar-refractivity contribution in [2.45, 2.75) is 13.8 Å². The summed E-state index contributed by atoms with van der Waals surface area (Å²) >= 11 is 1.46. The van der Waals surface area contributed by atoms with Crippen LogP contribution < -0.4 is 15.2 Å². The Morgan fingerprint density at radius 2 is 1.83 bits per heavy atom. The van der Waals surface area contributed by atoms with Crippen LogP contribution in [0.15, 0.2) is 41.8 Å². The quantitative estimate of drug-likeness (QED) is 0.531. The van der Waals surface area contributed by atoms with Crippen molar-refractivity contribution in [3.05, 3.63) is 52.9 Å². The number of rotatable bonds is 5. The molecule has 0 unspecified atom stereocenters. The fourth-order valence-corrected chi connectivity index (χ4v) is 3.82. The van der Waals surface area contributed by atoms with Crippen LogP contribution in [0, 0.1) is 13.8 Å². The maximum Gasteiger partial charge on any atom is 0.165 e. The molecule has 0 aliphatic carbocycles. The standard InChI is InChI=1S/C21H21N5O2S/c1-12-5-6-14(9-13(12)2)26-20(22)19(24-25-26)21-23-17(11-29-21)16-10-15(27-3)7-8-18(16)28-4/h5-11H,22H2,1-4H3. The van der Waals surface area contributed by atoms with Crippen LogP contribution in [0.25, 0.3) is 27.6 Å². The van der Waals surface area contributed by atoms with Crippen molar-refractivity contribution >= 4 is 17.2 Å². The van der Waals surface area contributed by atoms with Gasteiger partial charge in [-0.1, -0.05) is 11.3 Å². The van der Waals surface area contributed by atoms with Crippen molar-refractivity contribution in [3.8, 4) is 39.1 Å². The van der Waals surface area contributed by atoms with Crippen LogP contribution in [0.3, 0.4) is 0 Å². The summed E-state index contributed by atoms with van der Waals surface area (Å²) in [6.07, 6.45) is 0. The number of nitrogens with two attached hydrogens (primary N) is 1. The third kappa shape index (κ3) is 3.42. The number of nitrogen functional groups attached to an aromatic ring is 1. The molecule has 0 spiro atoms. The zero-order valence-corrected chi connectivity index (χ0v) is 17.4. The van der Waals surface area contributed by atoms with Crippen LogP contribution in [-0.4, -0.2) is 34.2 Å². The first-order valence-corrected chi connectivity index (χ1v) is 9.87. The minimum absolute atomic E-state index is 0.451. The monoisotopic (exact) mass is 407 g/mol. The van der Waals surface area contributed by atoms with Gasteiger partial charge in [-0.2, -0.15) is 4.68 Å². The van der Waals surface area contributed by atoms with Crippen LogP contribution in [0.2, 0.25) is 0 Å². The Hall–Kier alpha value is -3.39. The number of anilines is 1. The molecule has 0 amide bonds. The number of aromatic nitrogens is 4. The summed E-state index contributed by atoms with van der Waals surface area (Å²) in [5.41, 5.74) is 11.8. The molecule has 0 bridgehead atoms. The van der Waals surface area contributed by atoms with E-state index >= 15 is 0 Å². The Labute approximate surface area is 172 Å². The van der Waals surface area contributed by atoms with E-state index in [0.29, 0.717) is 16.5 Å². The molecule has 4 aromatic rings. The first kappa shape index (κ1) is 18.9. The first-order valence-electron chi connectivity index (χ1n) is 8.99. The second kappa shape index (κ2) is 7.56. The minimum atomic E-state index is 0.451. The van der Waals surface area contributed by atoms with Crippen LogP contribution in [0.1, 0.15) is 11.1 Å². The van der Waals surface area contributed by atoms with Crippen molar-refractivity contribution in [3.63, 3.8) is 0 Å². The Balaban J connectivity index is 1.73. The van der Waals surface area contributed by atoms with Crippen LogP contribution >= 0.6 is 11.3 Å². The van der Waals surface area contributed by atoms with E-state index in [-0.39, 0.29) is 0 Å². The lowest BCUT2D eigenvalue weighted by atomic mass is 10.1. The molecule has 0 aliphatic rings. The number of methoxy groups -OCH3 is 2. The Morgan fingerprint density at radius 1 is 1.00 bits per heavy atom. The number of nitrogens with zero attached hydrogens (tertiary/aromatic N) is 4. The van der Waals surface area contributed by atoms with Gasteiger partial charge in [0.1, 0.15) is 16.5 Å². The van der Waals surface area contributed by atoms with E-state index in [2.05, 4.69) is 24.2 Å². The van der Waals surface area contributed by atoms with Crippen LogP contribution in [0.4, 0.5) is 5.82 Å². The van der Waals surface area contributed by atoms with E-state index in [1.54, 1.807) is 18.9 Å².